The van der Waals surface area contributed by atoms with Gasteiger partial charge in [-0.15, -0.1) is 0 Å². The number of carbonyl (C=O) groups excluding carboxylic acids is 1. The molecule has 8 heteroatoms. The van der Waals surface area contributed by atoms with E-state index in [9.17, 15) is 14.4 Å². The van der Waals surface area contributed by atoms with Crippen LogP contribution in [0.1, 0.15) is 30.1 Å². The van der Waals surface area contributed by atoms with Gasteiger partial charge < -0.3 is 10.1 Å². The minimum absolute atomic E-state index is 0.252. The van der Waals surface area contributed by atoms with Crippen LogP contribution in [-0.4, -0.2) is 26.6 Å². The molecule has 0 atom stereocenters. The predicted octanol–water partition coefficient (Wildman–Crippen LogP) is 2.06. The Morgan fingerprint density at radius 1 is 1.14 bits per heavy atom. The first-order chi connectivity index (χ1) is 13.4. The minimum atomic E-state index is -0.463. The average Bonchev–Trinajstić information content (AvgIpc) is 2.71. The number of hydrogen-bond donors (Lipinski definition) is 1. The molecule has 1 aromatic carbocycles. The first kappa shape index (κ1) is 19.3. The van der Waals surface area contributed by atoms with Crippen molar-refractivity contribution in [2.24, 2.45) is 14.1 Å². The maximum Gasteiger partial charge on any atom is 0.332 e. The average molecular weight is 382 g/mol. The molecular weight excluding hydrogens is 360 g/mol. The lowest BCUT2D eigenvalue weighted by molar-refractivity contribution is 0.102. The van der Waals surface area contributed by atoms with Crippen LogP contribution in [0.5, 0.6) is 5.75 Å². The Hall–Kier alpha value is -3.42. The Morgan fingerprint density at radius 3 is 2.54 bits per heavy atom. The van der Waals surface area contributed by atoms with Crippen LogP contribution in [0.4, 0.5) is 5.69 Å². The van der Waals surface area contributed by atoms with Crippen LogP contribution in [0.15, 0.2) is 46.1 Å². The summed E-state index contributed by atoms with van der Waals surface area (Å²) < 4.78 is 7.88. The molecule has 3 aromatic rings. The van der Waals surface area contributed by atoms with E-state index in [1.807, 2.05) is 0 Å². The number of pyridine rings is 1. The van der Waals surface area contributed by atoms with Gasteiger partial charge in [0, 0.05) is 19.7 Å². The second-order valence-corrected chi connectivity index (χ2v) is 6.48. The van der Waals surface area contributed by atoms with Crippen molar-refractivity contribution in [3.05, 3.63) is 62.9 Å². The summed E-state index contributed by atoms with van der Waals surface area (Å²) in [4.78, 5) is 40.9. The fourth-order valence-corrected chi connectivity index (χ4v) is 2.77. The van der Waals surface area contributed by atoms with E-state index in [1.54, 1.807) is 31.3 Å². The number of ether oxygens (including phenoxy) is 1. The third-order valence-corrected chi connectivity index (χ3v) is 4.43. The molecule has 1 amide bonds. The van der Waals surface area contributed by atoms with E-state index in [4.69, 9.17) is 4.74 Å². The summed E-state index contributed by atoms with van der Waals surface area (Å²) in [5.74, 6) is 0.379. The third kappa shape index (κ3) is 3.80. The first-order valence-electron chi connectivity index (χ1n) is 9.02. The summed E-state index contributed by atoms with van der Waals surface area (Å²) in [6, 6.07) is 8.36. The summed E-state index contributed by atoms with van der Waals surface area (Å²) >= 11 is 0. The number of fused-ring (bicyclic) bond motifs is 1. The number of amides is 1. The van der Waals surface area contributed by atoms with Crippen LogP contribution in [0.25, 0.3) is 11.0 Å². The van der Waals surface area contributed by atoms with Crippen molar-refractivity contribution in [1.29, 1.82) is 0 Å². The van der Waals surface area contributed by atoms with Crippen LogP contribution >= 0.6 is 0 Å². The van der Waals surface area contributed by atoms with Crippen LogP contribution in [-0.2, 0) is 14.1 Å². The maximum absolute atomic E-state index is 12.5. The molecule has 3 rings (SSSR count). The van der Waals surface area contributed by atoms with Crippen LogP contribution < -0.4 is 21.3 Å². The van der Waals surface area contributed by atoms with Gasteiger partial charge in [-0.1, -0.05) is 13.3 Å². The second kappa shape index (κ2) is 8.08. The molecule has 2 heterocycles. The summed E-state index contributed by atoms with van der Waals surface area (Å²) in [7, 11) is 2.94. The van der Waals surface area contributed by atoms with Gasteiger partial charge in [0.05, 0.1) is 23.9 Å². The number of aromatic nitrogens is 3. The van der Waals surface area contributed by atoms with E-state index < -0.39 is 11.2 Å². The molecule has 146 valence electrons. The Balaban J connectivity index is 1.81. The molecule has 1 N–H and O–H groups in total. The molecule has 0 unspecified atom stereocenters. The molecule has 0 radical (unpaired) electrons. The van der Waals surface area contributed by atoms with Crippen molar-refractivity contribution in [3.63, 3.8) is 0 Å². The van der Waals surface area contributed by atoms with Crippen molar-refractivity contribution < 1.29 is 9.53 Å². The molecule has 0 aliphatic heterocycles. The molecule has 0 saturated carbocycles. The van der Waals surface area contributed by atoms with E-state index in [2.05, 4.69) is 17.2 Å². The summed E-state index contributed by atoms with van der Waals surface area (Å²) in [6.07, 6.45) is 3.45. The second-order valence-electron chi connectivity index (χ2n) is 6.48. The van der Waals surface area contributed by atoms with E-state index in [1.165, 1.54) is 23.9 Å². The van der Waals surface area contributed by atoms with Gasteiger partial charge in [0.15, 0.2) is 0 Å². The van der Waals surface area contributed by atoms with Crippen molar-refractivity contribution in [2.45, 2.75) is 19.8 Å². The number of hydrogen-bond acceptors (Lipinski definition) is 5. The Kier molecular flexibility index (Phi) is 5.58. The largest absolute Gasteiger partial charge is 0.494 e. The molecule has 0 aliphatic rings. The predicted molar refractivity (Wildman–Crippen MR) is 107 cm³/mol. The maximum atomic E-state index is 12.5. The number of rotatable bonds is 6. The molecule has 0 bridgehead atoms. The van der Waals surface area contributed by atoms with E-state index >= 15 is 0 Å². The normalized spacial score (nSPS) is 10.8. The van der Waals surface area contributed by atoms with Crippen LogP contribution in [0.3, 0.4) is 0 Å². The SMILES string of the molecule is CCCCOc1ccc(C(=O)Nc2cnc3c(c2)c(=O)n(C)c(=O)n3C)cc1. The van der Waals surface area contributed by atoms with Crippen LogP contribution in [0, 0.1) is 0 Å². The molecule has 0 saturated heterocycles. The topological polar surface area (TPSA) is 95.2 Å². The number of nitrogens with zero attached hydrogens (tertiary/aromatic N) is 3. The van der Waals surface area contributed by atoms with Gasteiger partial charge in [-0.2, -0.15) is 0 Å². The number of unbranched alkanes of at least 4 members (excludes halogenated alkanes) is 1. The Bertz CT molecular complexity index is 1130. The lowest BCUT2D eigenvalue weighted by Gasteiger charge is -2.10. The number of anilines is 1. The highest BCUT2D eigenvalue weighted by Gasteiger charge is 2.12. The molecule has 0 fully saturated rings. The van der Waals surface area contributed by atoms with Crippen molar-refractivity contribution in [3.8, 4) is 5.75 Å². The van der Waals surface area contributed by atoms with Crippen molar-refractivity contribution >= 4 is 22.6 Å². The van der Waals surface area contributed by atoms with Gasteiger partial charge in [0.2, 0.25) is 0 Å². The smallest absolute Gasteiger partial charge is 0.332 e. The summed E-state index contributed by atoms with van der Waals surface area (Å²) in [5.41, 5.74) is 0.172. The zero-order chi connectivity index (χ0) is 20.3. The molecule has 0 spiro atoms. The van der Waals surface area contributed by atoms with Gasteiger partial charge in [-0.05, 0) is 36.8 Å². The Morgan fingerprint density at radius 2 is 1.86 bits per heavy atom. The lowest BCUT2D eigenvalue weighted by atomic mass is 10.2. The van der Waals surface area contributed by atoms with Gasteiger partial charge in [-0.3, -0.25) is 18.7 Å². The third-order valence-electron chi connectivity index (χ3n) is 4.43. The lowest BCUT2D eigenvalue weighted by Crippen LogP contribution is -2.37. The molecule has 28 heavy (non-hydrogen) atoms. The van der Waals surface area contributed by atoms with Crippen LogP contribution in [0.2, 0.25) is 0 Å². The highest BCUT2D eigenvalue weighted by Crippen LogP contribution is 2.16. The summed E-state index contributed by atoms with van der Waals surface area (Å²) in [6.45, 7) is 2.73. The van der Waals surface area contributed by atoms with Gasteiger partial charge in [0.25, 0.3) is 11.5 Å². The highest BCUT2D eigenvalue weighted by atomic mass is 16.5. The number of aryl methyl sites for hydroxylation is 1. The van der Waals surface area contributed by atoms with Crippen molar-refractivity contribution in [1.82, 2.24) is 14.1 Å². The Labute approximate surface area is 161 Å². The zero-order valence-electron chi connectivity index (χ0n) is 16.1. The zero-order valence-corrected chi connectivity index (χ0v) is 16.1. The fraction of sp³-hybridized carbons (Fsp3) is 0.300. The van der Waals surface area contributed by atoms with Gasteiger partial charge in [0.1, 0.15) is 11.4 Å². The highest BCUT2D eigenvalue weighted by molar-refractivity contribution is 6.04. The van der Waals surface area contributed by atoms with E-state index in [0.29, 0.717) is 23.6 Å². The summed E-state index contributed by atoms with van der Waals surface area (Å²) in [5, 5.41) is 2.98. The number of nitrogens with one attached hydrogen (secondary N) is 1. The first-order valence-corrected chi connectivity index (χ1v) is 9.02. The van der Waals surface area contributed by atoms with Crippen molar-refractivity contribution in [2.75, 3.05) is 11.9 Å². The standard InChI is InChI=1S/C20H22N4O4/c1-4-5-10-28-15-8-6-13(7-9-15)18(25)22-14-11-16-17(21-12-14)23(2)20(27)24(3)19(16)26/h6-9,11-12H,4-5,10H2,1-3H3,(H,22,25). The van der Waals surface area contributed by atoms with E-state index in [0.717, 1.165) is 17.4 Å². The number of carbonyl (C=O) groups is 1. The molecule has 0 aliphatic carbocycles. The molecule has 8 nitrogen and oxygen atoms in total. The molecule has 2 aromatic heterocycles. The molecular formula is C20H22N4O4. The monoisotopic (exact) mass is 382 g/mol. The number of benzene rings is 1. The van der Waals surface area contributed by atoms with Gasteiger partial charge in [-0.25, -0.2) is 9.78 Å². The fourth-order valence-electron chi connectivity index (χ4n) is 2.77. The minimum Gasteiger partial charge on any atom is -0.494 e. The quantitative estimate of drug-likeness (QED) is 0.659. The van der Waals surface area contributed by atoms with E-state index in [-0.39, 0.29) is 16.9 Å². The van der Waals surface area contributed by atoms with Gasteiger partial charge >= 0.3 is 5.69 Å².